The number of amides is 1. The van der Waals surface area contributed by atoms with Gasteiger partial charge < -0.3 is 10.3 Å². The number of carbonyl (C=O) groups excluding carboxylic acids is 1. The first-order valence-electron chi connectivity index (χ1n) is 8.08. The molecule has 1 aromatic carbocycles. The number of imidazole rings is 1. The molecule has 0 saturated heterocycles. The molecule has 5 nitrogen and oxygen atoms in total. The minimum absolute atomic E-state index is 0.163. The smallest absolute Gasteiger partial charge is 0.347 e. The van der Waals surface area contributed by atoms with Crippen LogP contribution in [0.25, 0.3) is 11.0 Å². The van der Waals surface area contributed by atoms with E-state index < -0.39 is 12.0 Å². The van der Waals surface area contributed by atoms with Crippen molar-refractivity contribution in [3.05, 3.63) is 45.2 Å². The average Bonchev–Trinajstić information content (AvgIpc) is 3.15. The number of halogens is 3. The third kappa shape index (κ3) is 3.87. The molecule has 0 radical (unpaired) electrons. The van der Waals surface area contributed by atoms with Crippen LogP contribution in [0.3, 0.4) is 0 Å². The molecule has 0 bridgehead atoms. The minimum atomic E-state index is -4.55. The van der Waals surface area contributed by atoms with Gasteiger partial charge in [-0.05, 0) is 38.0 Å². The molecule has 0 aliphatic carbocycles. The Kier molecular flexibility index (Phi) is 4.99. The molecule has 0 saturated carbocycles. The molecule has 0 unspecified atom stereocenters. The van der Waals surface area contributed by atoms with Crippen LogP contribution in [-0.2, 0) is 19.1 Å². The van der Waals surface area contributed by atoms with Crippen molar-refractivity contribution >= 4 is 28.3 Å². The van der Waals surface area contributed by atoms with Gasteiger partial charge in [-0.2, -0.15) is 13.2 Å². The molecule has 138 valence electrons. The maximum Gasteiger partial charge on any atom is 0.449 e. The number of aromatic nitrogens is 3. The minimum Gasteiger partial charge on any atom is -0.347 e. The van der Waals surface area contributed by atoms with Crippen LogP contribution in [-0.4, -0.2) is 20.9 Å². The SMILES string of the molecule is CCCc1nc(C)c(CNC(=O)c2ccc3nc(C(F)(F)F)[nH]c3c2)s1. The highest BCUT2D eigenvalue weighted by atomic mass is 32.1. The fraction of sp³-hybridized carbons (Fsp3) is 0.353. The molecule has 0 aliphatic rings. The maximum atomic E-state index is 12.7. The summed E-state index contributed by atoms with van der Waals surface area (Å²) in [4.78, 5) is 23.5. The summed E-state index contributed by atoms with van der Waals surface area (Å²) in [5.74, 6) is -1.44. The summed E-state index contributed by atoms with van der Waals surface area (Å²) in [5.41, 5.74) is 1.49. The molecular formula is C17H17F3N4OS. The third-order valence-corrected chi connectivity index (χ3v) is 5.04. The number of benzene rings is 1. The van der Waals surface area contributed by atoms with Crippen molar-refractivity contribution < 1.29 is 18.0 Å². The zero-order valence-electron chi connectivity index (χ0n) is 14.2. The summed E-state index contributed by atoms with van der Waals surface area (Å²) in [5, 5.41) is 3.82. The summed E-state index contributed by atoms with van der Waals surface area (Å²) < 4.78 is 38.1. The number of hydrogen-bond donors (Lipinski definition) is 2. The van der Waals surface area contributed by atoms with Crippen molar-refractivity contribution in [1.29, 1.82) is 0 Å². The molecule has 3 rings (SSSR count). The number of thiazole rings is 1. The van der Waals surface area contributed by atoms with E-state index in [0.717, 1.165) is 28.4 Å². The Bertz CT molecular complexity index is 945. The number of fused-ring (bicyclic) bond motifs is 1. The van der Waals surface area contributed by atoms with Crippen molar-refractivity contribution in [3.8, 4) is 0 Å². The highest BCUT2D eigenvalue weighted by Crippen LogP contribution is 2.28. The van der Waals surface area contributed by atoms with E-state index in [4.69, 9.17) is 0 Å². The maximum absolute atomic E-state index is 12.7. The number of aryl methyl sites for hydroxylation is 2. The number of nitrogens with zero attached hydrogens (tertiary/aromatic N) is 2. The molecule has 0 aliphatic heterocycles. The molecule has 2 aromatic heterocycles. The number of rotatable bonds is 5. The lowest BCUT2D eigenvalue weighted by Gasteiger charge is -2.04. The van der Waals surface area contributed by atoms with Gasteiger partial charge in [-0.1, -0.05) is 6.92 Å². The highest BCUT2D eigenvalue weighted by Gasteiger charge is 2.34. The molecular weight excluding hydrogens is 365 g/mol. The van der Waals surface area contributed by atoms with Gasteiger partial charge in [0.2, 0.25) is 5.82 Å². The van der Waals surface area contributed by atoms with Gasteiger partial charge >= 0.3 is 6.18 Å². The van der Waals surface area contributed by atoms with Gasteiger partial charge in [0.1, 0.15) is 0 Å². The van der Waals surface area contributed by atoms with Crippen molar-refractivity contribution in [3.63, 3.8) is 0 Å². The molecule has 1 amide bonds. The summed E-state index contributed by atoms with van der Waals surface area (Å²) in [6.07, 6.45) is -2.65. The van der Waals surface area contributed by atoms with Crippen molar-refractivity contribution in [2.24, 2.45) is 0 Å². The largest absolute Gasteiger partial charge is 0.449 e. The van der Waals surface area contributed by atoms with Crippen LogP contribution in [0.2, 0.25) is 0 Å². The van der Waals surface area contributed by atoms with E-state index in [-0.39, 0.29) is 22.5 Å². The Hall–Kier alpha value is -2.42. The Morgan fingerprint density at radius 1 is 1.31 bits per heavy atom. The zero-order chi connectivity index (χ0) is 18.9. The van der Waals surface area contributed by atoms with Crippen LogP contribution in [0, 0.1) is 6.92 Å². The predicted octanol–water partition coefficient (Wildman–Crippen LogP) is 4.23. The Balaban J connectivity index is 1.73. The van der Waals surface area contributed by atoms with Gasteiger partial charge in [0, 0.05) is 10.4 Å². The fourth-order valence-corrected chi connectivity index (χ4v) is 3.63. The third-order valence-electron chi connectivity index (χ3n) is 3.82. The van der Waals surface area contributed by atoms with Gasteiger partial charge in [-0.15, -0.1) is 11.3 Å². The lowest BCUT2D eigenvalue weighted by molar-refractivity contribution is -0.144. The molecule has 3 aromatic rings. The van der Waals surface area contributed by atoms with Crippen molar-refractivity contribution in [1.82, 2.24) is 20.3 Å². The second-order valence-electron chi connectivity index (χ2n) is 5.86. The first kappa shape index (κ1) is 18.4. The molecule has 2 N–H and O–H groups in total. The van der Waals surface area contributed by atoms with Crippen LogP contribution in [0.1, 0.15) is 45.1 Å². The number of H-pyrrole nitrogens is 1. The van der Waals surface area contributed by atoms with E-state index in [2.05, 4.69) is 27.2 Å². The highest BCUT2D eigenvalue weighted by molar-refractivity contribution is 7.11. The van der Waals surface area contributed by atoms with Crippen LogP contribution >= 0.6 is 11.3 Å². The summed E-state index contributed by atoms with van der Waals surface area (Å²) in [6.45, 7) is 4.31. The van der Waals surface area contributed by atoms with Gasteiger partial charge in [-0.3, -0.25) is 4.79 Å². The summed E-state index contributed by atoms with van der Waals surface area (Å²) in [7, 11) is 0. The molecule has 0 fully saturated rings. The molecule has 0 spiro atoms. The summed E-state index contributed by atoms with van der Waals surface area (Å²) in [6, 6.07) is 4.23. The quantitative estimate of drug-likeness (QED) is 0.694. The van der Waals surface area contributed by atoms with Gasteiger partial charge in [-0.25, -0.2) is 9.97 Å². The number of hydrogen-bond acceptors (Lipinski definition) is 4. The monoisotopic (exact) mass is 382 g/mol. The average molecular weight is 382 g/mol. The molecule has 9 heteroatoms. The normalized spacial score (nSPS) is 11.9. The van der Waals surface area contributed by atoms with Crippen LogP contribution in [0.15, 0.2) is 18.2 Å². The topological polar surface area (TPSA) is 70.7 Å². The van der Waals surface area contributed by atoms with Gasteiger partial charge in [0.05, 0.1) is 28.3 Å². The van der Waals surface area contributed by atoms with Crippen molar-refractivity contribution in [2.75, 3.05) is 0 Å². The summed E-state index contributed by atoms with van der Waals surface area (Å²) >= 11 is 1.56. The first-order chi connectivity index (χ1) is 12.3. The van der Waals surface area contributed by atoms with Crippen LogP contribution in [0.5, 0.6) is 0 Å². The lowest BCUT2D eigenvalue weighted by Crippen LogP contribution is -2.22. The van der Waals surface area contributed by atoms with E-state index >= 15 is 0 Å². The predicted molar refractivity (Wildman–Crippen MR) is 93.1 cm³/mol. The second-order valence-corrected chi connectivity index (χ2v) is 7.03. The Morgan fingerprint density at radius 2 is 2.08 bits per heavy atom. The zero-order valence-corrected chi connectivity index (χ0v) is 15.0. The fourth-order valence-electron chi connectivity index (χ4n) is 2.52. The Labute approximate surface area is 151 Å². The van der Waals surface area contributed by atoms with Gasteiger partial charge in [0.15, 0.2) is 0 Å². The van der Waals surface area contributed by atoms with E-state index in [0.29, 0.717) is 6.54 Å². The van der Waals surface area contributed by atoms with Crippen LogP contribution in [0.4, 0.5) is 13.2 Å². The Morgan fingerprint density at radius 3 is 2.77 bits per heavy atom. The van der Waals surface area contributed by atoms with E-state index in [1.807, 2.05) is 6.92 Å². The second kappa shape index (κ2) is 7.06. The van der Waals surface area contributed by atoms with Crippen molar-refractivity contribution in [2.45, 2.75) is 39.4 Å². The number of carbonyl (C=O) groups is 1. The molecule has 26 heavy (non-hydrogen) atoms. The molecule has 2 heterocycles. The van der Waals surface area contributed by atoms with E-state index in [9.17, 15) is 18.0 Å². The van der Waals surface area contributed by atoms with Crippen LogP contribution < -0.4 is 5.32 Å². The van der Waals surface area contributed by atoms with E-state index in [1.54, 1.807) is 11.3 Å². The van der Waals surface area contributed by atoms with Gasteiger partial charge in [0.25, 0.3) is 5.91 Å². The first-order valence-corrected chi connectivity index (χ1v) is 8.90. The number of nitrogens with one attached hydrogen (secondary N) is 2. The van der Waals surface area contributed by atoms with E-state index in [1.165, 1.54) is 18.2 Å². The number of alkyl halides is 3. The lowest BCUT2D eigenvalue weighted by atomic mass is 10.2. The number of aromatic amines is 1. The molecule has 0 atom stereocenters. The standard InChI is InChI=1S/C17H17F3N4OS/c1-3-4-14-22-9(2)13(26-14)8-21-15(25)10-5-6-11-12(7-10)24-16(23-11)17(18,19)20/h5-7H,3-4,8H2,1-2H3,(H,21,25)(H,23,24).